The summed E-state index contributed by atoms with van der Waals surface area (Å²) in [6, 6.07) is -0.830. The number of likely N-dealkylation sites (N-methyl/N-ethyl adjacent to an activating group) is 1. The molecule has 0 saturated carbocycles. The van der Waals surface area contributed by atoms with E-state index in [1.807, 2.05) is 39.8 Å². The van der Waals surface area contributed by atoms with Gasteiger partial charge in [-0.2, -0.15) is 0 Å². The fourth-order valence-electron chi connectivity index (χ4n) is 4.54. The number of nitrogen functional groups attached to an aromatic ring is 1. The van der Waals surface area contributed by atoms with Crippen molar-refractivity contribution in [2.24, 2.45) is 5.92 Å². The largest absolute Gasteiger partial charge is 0.425 e. The van der Waals surface area contributed by atoms with E-state index in [0.29, 0.717) is 52.4 Å². The average molecular weight is 682 g/mol. The van der Waals surface area contributed by atoms with Crippen LogP contribution in [0.2, 0.25) is 0 Å². The zero-order chi connectivity index (χ0) is 32.7. The van der Waals surface area contributed by atoms with E-state index in [1.165, 1.54) is 39.8 Å². The van der Waals surface area contributed by atoms with E-state index >= 15 is 0 Å². The first-order valence-electron chi connectivity index (χ1n) is 14.6. The van der Waals surface area contributed by atoms with E-state index < -0.39 is 35.6 Å². The van der Waals surface area contributed by atoms with E-state index in [-0.39, 0.29) is 30.4 Å². The molecule has 0 bridgehead atoms. The molecule has 3 N–H and O–H groups in total. The molecule has 1 fully saturated rings. The first kappa shape index (κ1) is 34.6. The second kappa shape index (κ2) is 15.9. The highest BCUT2D eigenvalue weighted by Crippen LogP contribution is 2.42. The summed E-state index contributed by atoms with van der Waals surface area (Å²) in [7, 11) is 3.91. The molecule has 4 heterocycles. The summed E-state index contributed by atoms with van der Waals surface area (Å²) >= 11 is 4.01. The number of aromatic nitrogens is 5. The summed E-state index contributed by atoms with van der Waals surface area (Å²) in [5.41, 5.74) is 6.92. The molecule has 0 spiro atoms. The predicted octanol–water partition coefficient (Wildman–Crippen LogP) is 1.52. The summed E-state index contributed by atoms with van der Waals surface area (Å²) in [5, 5.41) is 16.9. The van der Waals surface area contributed by atoms with E-state index in [1.54, 1.807) is 10.1 Å². The SMILES string of the molecule is CCCC(OC(=O)CC(C)C)OC(=O)C1=C(CSc2nnnn2CCN(C)C)CS[C@H]2[C@H](NC(=O)Cc3csc(N)n3)C(=O)N12. The number of hydrogen-bond donors (Lipinski definition) is 2. The lowest BCUT2D eigenvalue weighted by Gasteiger charge is -2.49. The van der Waals surface area contributed by atoms with Gasteiger partial charge in [0.1, 0.15) is 17.1 Å². The third-order valence-corrected chi connectivity index (χ3v) is 9.81. The van der Waals surface area contributed by atoms with Crippen molar-refractivity contribution in [3.63, 3.8) is 0 Å². The van der Waals surface area contributed by atoms with Crippen LogP contribution in [-0.2, 0) is 41.6 Å². The molecule has 0 aliphatic carbocycles. The number of ether oxygens (including phenoxy) is 2. The zero-order valence-electron chi connectivity index (χ0n) is 25.9. The van der Waals surface area contributed by atoms with E-state index in [9.17, 15) is 19.2 Å². The van der Waals surface area contributed by atoms with E-state index in [4.69, 9.17) is 15.2 Å². The third kappa shape index (κ3) is 9.17. The van der Waals surface area contributed by atoms with Crippen LogP contribution in [0, 0.1) is 5.92 Å². The number of rotatable bonds is 16. The maximum atomic E-state index is 13.8. The fourth-order valence-corrected chi connectivity index (χ4v) is 7.49. The summed E-state index contributed by atoms with van der Waals surface area (Å²) in [5.74, 6) is -1.27. The Balaban J connectivity index is 1.53. The number of tetrazole rings is 1. The number of hydrogen-bond acceptors (Lipinski definition) is 15. The molecule has 2 aliphatic heterocycles. The van der Waals surface area contributed by atoms with Crippen molar-refractivity contribution in [2.75, 3.05) is 37.9 Å². The van der Waals surface area contributed by atoms with Gasteiger partial charge in [0.2, 0.25) is 17.4 Å². The van der Waals surface area contributed by atoms with Gasteiger partial charge in [-0.1, -0.05) is 32.5 Å². The van der Waals surface area contributed by atoms with Crippen LogP contribution in [0.25, 0.3) is 0 Å². The van der Waals surface area contributed by atoms with Gasteiger partial charge >= 0.3 is 11.9 Å². The minimum absolute atomic E-state index is 0.0233. The van der Waals surface area contributed by atoms with Gasteiger partial charge < -0.3 is 25.4 Å². The summed E-state index contributed by atoms with van der Waals surface area (Å²) in [4.78, 5) is 59.9. The number of carbonyl (C=O) groups excluding carboxylic acids is 4. The van der Waals surface area contributed by atoms with Crippen LogP contribution >= 0.6 is 34.9 Å². The van der Waals surface area contributed by atoms with Gasteiger partial charge in [-0.25, -0.2) is 14.5 Å². The smallest absolute Gasteiger partial charge is 0.358 e. The number of esters is 2. The quantitative estimate of drug-likeness (QED) is 0.112. The first-order valence-corrected chi connectivity index (χ1v) is 17.5. The standard InChI is InChI=1S/C27H39N9O6S3/c1-6-7-20(41-19(38)10-15(2)3)42-25(40)22-16(13-45-27-31-32-33-35(27)9-8-34(4)5)12-43-24-21(23(39)36(22)24)30-18(37)11-17-14-44-26(28)29-17/h14-15,20-21,24H,6-13H2,1-5H3,(H2,28,29)(H,30,37)/t20?,21-,24+/m1/s1. The molecule has 1 unspecified atom stereocenters. The van der Waals surface area contributed by atoms with Crippen molar-refractivity contribution in [3.8, 4) is 0 Å². The molecule has 0 radical (unpaired) electrons. The van der Waals surface area contributed by atoms with Crippen LogP contribution in [0.15, 0.2) is 21.8 Å². The number of amides is 2. The van der Waals surface area contributed by atoms with Crippen LogP contribution in [0.5, 0.6) is 0 Å². The molecule has 2 amide bonds. The Labute approximate surface area is 274 Å². The van der Waals surface area contributed by atoms with Crippen molar-refractivity contribution < 1.29 is 28.7 Å². The molecule has 0 aromatic carbocycles. The molecule has 2 aromatic heterocycles. The minimum atomic E-state index is -1.10. The zero-order valence-corrected chi connectivity index (χ0v) is 28.4. The Morgan fingerprint density at radius 2 is 2.04 bits per heavy atom. The van der Waals surface area contributed by atoms with Crippen molar-refractivity contribution in [2.45, 2.75) is 75.9 Å². The third-order valence-electron chi connectivity index (χ3n) is 6.70. The number of thioether (sulfide) groups is 2. The van der Waals surface area contributed by atoms with Crippen LogP contribution < -0.4 is 11.1 Å². The normalized spacial score (nSPS) is 18.6. The molecular formula is C27H39N9O6S3. The number of β-lactam (4-membered cyclic amide) rings is 1. The Morgan fingerprint density at radius 1 is 1.27 bits per heavy atom. The first-order chi connectivity index (χ1) is 21.5. The second-order valence-corrected chi connectivity index (χ2v) is 14.2. The highest BCUT2D eigenvalue weighted by atomic mass is 32.2. The van der Waals surface area contributed by atoms with Crippen molar-refractivity contribution in [1.82, 2.24) is 40.3 Å². The topological polar surface area (TPSA) is 188 Å². The van der Waals surface area contributed by atoms with Gasteiger partial charge in [-0.05, 0) is 42.4 Å². The minimum Gasteiger partial charge on any atom is -0.425 e. The molecule has 3 atom stereocenters. The summed E-state index contributed by atoms with van der Waals surface area (Å²) in [6.45, 7) is 6.98. The maximum absolute atomic E-state index is 13.8. The number of nitrogens with one attached hydrogen (secondary N) is 1. The monoisotopic (exact) mass is 681 g/mol. The summed E-state index contributed by atoms with van der Waals surface area (Å²) < 4.78 is 12.9. The molecule has 18 heteroatoms. The van der Waals surface area contributed by atoms with Crippen molar-refractivity contribution in [3.05, 3.63) is 22.3 Å². The van der Waals surface area contributed by atoms with Gasteiger partial charge in [0, 0.05) is 36.3 Å². The van der Waals surface area contributed by atoms with E-state index in [0.717, 1.165) is 6.54 Å². The van der Waals surface area contributed by atoms with Gasteiger partial charge in [0.05, 0.1) is 18.7 Å². The Bertz CT molecular complexity index is 1410. The van der Waals surface area contributed by atoms with Crippen molar-refractivity contribution in [1.29, 1.82) is 0 Å². The molecule has 246 valence electrons. The number of thiazole rings is 1. The van der Waals surface area contributed by atoms with Gasteiger partial charge in [0.15, 0.2) is 5.13 Å². The van der Waals surface area contributed by atoms with Gasteiger partial charge in [-0.3, -0.25) is 19.3 Å². The predicted molar refractivity (Wildman–Crippen MR) is 170 cm³/mol. The van der Waals surface area contributed by atoms with Crippen LogP contribution in [-0.4, -0.2) is 109 Å². The highest BCUT2D eigenvalue weighted by Gasteiger charge is 2.54. The molecule has 2 aliphatic rings. The average Bonchev–Trinajstić information content (AvgIpc) is 3.60. The lowest BCUT2D eigenvalue weighted by atomic mass is 10.0. The van der Waals surface area contributed by atoms with Gasteiger partial charge in [0.25, 0.3) is 5.91 Å². The molecule has 2 aromatic rings. The number of nitrogens with zero attached hydrogens (tertiary/aromatic N) is 7. The molecule has 1 saturated heterocycles. The number of carbonyl (C=O) groups is 4. The number of fused-ring (bicyclic) bond motifs is 1. The van der Waals surface area contributed by atoms with Crippen LogP contribution in [0.1, 0.15) is 45.7 Å². The lowest BCUT2D eigenvalue weighted by Crippen LogP contribution is -2.70. The van der Waals surface area contributed by atoms with Crippen molar-refractivity contribution >= 4 is 63.7 Å². The molecule has 15 nitrogen and oxygen atoms in total. The number of nitrogens with two attached hydrogens (primary N) is 1. The Morgan fingerprint density at radius 3 is 2.71 bits per heavy atom. The Hall–Kier alpha value is -3.22. The second-order valence-electron chi connectivity index (χ2n) is 11.2. The highest BCUT2D eigenvalue weighted by molar-refractivity contribution is 8.01. The van der Waals surface area contributed by atoms with Crippen LogP contribution in [0.3, 0.4) is 0 Å². The van der Waals surface area contributed by atoms with Gasteiger partial charge in [-0.15, -0.1) is 28.2 Å². The molecular weight excluding hydrogens is 643 g/mol. The molecule has 45 heavy (non-hydrogen) atoms. The lowest BCUT2D eigenvalue weighted by molar-refractivity contribution is -0.189. The molecule has 4 rings (SSSR count). The Kier molecular flexibility index (Phi) is 12.2. The van der Waals surface area contributed by atoms with E-state index in [2.05, 4.69) is 25.8 Å². The maximum Gasteiger partial charge on any atom is 0.358 e. The fraction of sp³-hybridized carbons (Fsp3) is 0.630. The van der Waals surface area contributed by atoms with Crippen LogP contribution in [0.4, 0.5) is 5.13 Å². The number of anilines is 1. The summed E-state index contributed by atoms with van der Waals surface area (Å²) in [6.07, 6.45) is -0.0315.